The van der Waals surface area contributed by atoms with Crippen LogP contribution in [0.5, 0.6) is 0 Å². The Labute approximate surface area is 111 Å². The lowest BCUT2D eigenvalue weighted by molar-refractivity contribution is 1.10. The van der Waals surface area contributed by atoms with Crippen molar-refractivity contribution in [3.63, 3.8) is 0 Å². The van der Waals surface area contributed by atoms with Gasteiger partial charge in [0.05, 0.1) is 5.52 Å². The molecule has 0 amide bonds. The monoisotopic (exact) mass is 252 g/mol. The lowest BCUT2D eigenvalue weighted by Crippen LogP contribution is -2.11. The lowest BCUT2D eigenvalue weighted by atomic mass is 10.0. The molecule has 0 bridgehead atoms. The van der Waals surface area contributed by atoms with E-state index in [-0.39, 0.29) is 0 Å². The molecule has 0 radical (unpaired) electrons. The van der Waals surface area contributed by atoms with E-state index in [0.717, 1.165) is 38.9 Å². The van der Waals surface area contributed by atoms with Crippen molar-refractivity contribution in [2.75, 3.05) is 30.5 Å². The standard InChI is InChI=1S/C15H16N4/c1-19(2)15-13-7-9(16)3-5-11(13)12-6-4-10(17)8-14(12)18-15/h3-8H,16-17H2,1-2H3. The first-order valence-electron chi connectivity index (χ1n) is 6.12. The van der Waals surface area contributed by atoms with Crippen molar-refractivity contribution in [1.29, 1.82) is 0 Å². The minimum atomic E-state index is 0.722. The van der Waals surface area contributed by atoms with Crippen LogP contribution in [-0.4, -0.2) is 19.1 Å². The minimum absolute atomic E-state index is 0.722. The highest BCUT2D eigenvalue weighted by Gasteiger charge is 2.10. The predicted octanol–water partition coefficient (Wildman–Crippen LogP) is 2.62. The summed E-state index contributed by atoms with van der Waals surface area (Å²) in [6, 6.07) is 11.7. The van der Waals surface area contributed by atoms with Crippen LogP contribution in [0.4, 0.5) is 17.2 Å². The highest BCUT2D eigenvalue weighted by molar-refractivity contribution is 6.11. The van der Waals surface area contributed by atoms with Gasteiger partial charge < -0.3 is 16.4 Å². The normalized spacial score (nSPS) is 11.1. The van der Waals surface area contributed by atoms with Gasteiger partial charge in [-0.1, -0.05) is 12.1 Å². The van der Waals surface area contributed by atoms with Crippen LogP contribution >= 0.6 is 0 Å². The van der Waals surface area contributed by atoms with E-state index in [1.165, 1.54) is 0 Å². The molecule has 4 N–H and O–H groups in total. The number of anilines is 3. The Bertz CT molecular complexity index is 778. The third-order valence-electron chi connectivity index (χ3n) is 3.25. The minimum Gasteiger partial charge on any atom is -0.399 e. The number of fused-ring (bicyclic) bond motifs is 3. The Morgan fingerprint density at radius 2 is 1.47 bits per heavy atom. The first-order chi connectivity index (χ1) is 9.06. The van der Waals surface area contributed by atoms with Gasteiger partial charge >= 0.3 is 0 Å². The second-order valence-electron chi connectivity index (χ2n) is 4.91. The zero-order valence-electron chi connectivity index (χ0n) is 11.0. The van der Waals surface area contributed by atoms with Gasteiger partial charge in [0.2, 0.25) is 0 Å². The molecule has 4 heteroatoms. The van der Waals surface area contributed by atoms with Crippen molar-refractivity contribution < 1.29 is 0 Å². The molecule has 19 heavy (non-hydrogen) atoms. The molecule has 1 heterocycles. The van der Waals surface area contributed by atoms with Gasteiger partial charge in [0.1, 0.15) is 5.82 Å². The van der Waals surface area contributed by atoms with E-state index < -0.39 is 0 Å². The molecule has 0 spiro atoms. The molecule has 0 aliphatic rings. The van der Waals surface area contributed by atoms with Crippen LogP contribution in [0.3, 0.4) is 0 Å². The van der Waals surface area contributed by atoms with Crippen LogP contribution in [0, 0.1) is 0 Å². The number of hydrogen-bond donors (Lipinski definition) is 2. The van der Waals surface area contributed by atoms with Gasteiger partial charge in [0.15, 0.2) is 0 Å². The molecule has 0 atom stereocenters. The Morgan fingerprint density at radius 3 is 2.16 bits per heavy atom. The largest absolute Gasteiger partial charge is 0.399 e. The maximum Gasteiger partial charge on any atom is 0.136 e. The Kier molecular flexibility index (Phi) is 2.45. The van der Waals surface area contributed by atoms with Crippen molar-refractivity contribution in [1.82, 2.24) is 4.98 Å². The van der Waals surface area contributed by atoms with Crippen LogP contribution in [0.15, 0.2) is 36.4 Å². The molecule has 0 fully saturated rings. The molecule has 96 valence electrons. The second-order valence-corrected chi connectivity index (χ2v) is 4.91. The Balaban J connectivity index is 2.52. The maximum absolute atomic E-state index is 5.89. The van der Waals surface area contributed by atoms with Crippen molar-refractivity contribution in [3.05, 3.63) is 36.4 Å². The van der Waals surface area contributed by atoms with E-state index in [1.807, 2.05) is 55.4 Å². The third kappa shape index (κ3) is 1.81. The smallest absolute Gasteiger partial charge is 0.136 e. The fourth-order valence-corrected chi connectivity index (χ4v) is 2.37. The van der Waals surface area contributed by atoms with Gasteiger partial charge in [-0.05, 0) is 29.7 Å². The Morgan fingerprint density at radius 1 is 0.842 bits per heavy atom. The van der Waals surface area contributed by atoms with E-state index in [1.54, 1.807) is 0 Å². The molecule has 0 saturated heterocycles. The first kappa shape index (κ1) is 11.6. The molecule has 0 unspecified atom stereocenters. The van der Waals surface area contributed by atoms with Gasteiger partial charge in [0, 0.05) is 36.2 Å². The van der Waals surface area contributed by atoms with Crippen molar-refractivity contribution in [2.45, 2.75) is 0 Å². The summed E-state index contributed by atoms with van der Waals surface area (Å²) >= 11 is 0. The predicted molar refractivity (Wildman–Crippen MR) is 82.4 cm³/mol. The molecule has 4 nitrogen and oxygen atoms in total. The summed E-state index contributed by atoms with van der Waals surface area (Å²) in [5.41, 5.74) is 14.1. The summed E-state index contributed by atoms with van der Waals surface area (Å²) in [7, 11) is 3.95. The zero-order valence-corrected chi connectivity index (χ0v) is 11.0. The molecule has 0 saturated carbocycles. The fraction of sp³-hybridized carbons (Fsp3) is 0.133. The highest BCUT2D eigenvalue weighted by Crippen LogP contribution is 2.32. The van der Waals surface area contributed by atoms with Gasteiger partial charge in [-0.3, -0.25) is 0 Å². The number of nitrogen functional groups attached to an aromatic ring is 2. The van der Waals surface area contributed by atoms with Gasteiger partial charge in [0.25, 0.3) is 0 Å². The Hall–Kier alpha value is -2.49. The number of aromatic nitrogens is 1. The highest BCUT2D eigenvalue weighted by atomic mass is 15.1. The summed E-state index contributed by atoms with van der Waals surface area (Å²) in [6.45, 7) is 0. The molecule has 0 aliphatic carbocycles. The second kappa shape index (κ2) is 4.02. The number of rotatable bonds is 1. The topological polar surface area (TPSA) is 68.2 Å². The summed E-state index contributed by atoms with van der Waals surface area (Å²) in [5.74, 6) is 0.903. The quantitative estimate of drug-likeness (QED) is 0.516. The third-order valence-corrected chi connectivity index (χ3v) is 3.25. The van der Waals surface area contributed by atoms with Gasteiger partial charge in [-0.2, -0.15) is 0 Å². The number of nitrogens with zero attached hydrogens (tertiary/aromatic N) is 2. The zero-order chi connectivity index (χ0) is 13.6. The van der Waals surface area contributed by atoms with Gasteiger partial charge in [-0.15, -0.1) is 0 Å². The molecule has 3 rings (SSSR count). The number of benzene rings is 2. The van der Waals surface area contributed by atoms with Crippen LogP contribution in [0.2, 0.25) is 0 Å². The van der Waals surface area contributed by atoms with Crippen molar-refractivity contribution in [2.24, 2.45) is 0 Å². The number of hydrogen-bond acceptors (Lipinski definition) is 4. The molecular formula is C15H16N4. The van der Waals surface area contributed by atoms with Gasteiger partial charge in [-0.25, -0.2) is 4.98 Å². The van der Waals surface area contributed by atoms with Crippen LogP contribution in [0.1, 0.15) is 0 Å². The van der Waals surface area contributed by atoms with E-state index in [0.29, 0.717) is 0 Å². The van der Waals surface area contributed by atoms with Crippen LogP contribution in [0.25, 0.3) is 21.7 Å². The van der Waals surface area contributed by atoms with E-state index in [2.05, 4.69) is 0 Å². The van der Waals surface area contributed by atoms with E-state index in [9.17, 15) is 0 Å². The number of pyridine rings is 1. The van der Waals surface area contributed by atoms with Crippen molar-refractivity contribution in [3.8, 4) is 0 Å². The van der Waals surface area contributed by atoms with Crippen molar-refractivity contribution >= 4 is 38.9 Å². The SMILES string of the molecule is CN(C)c1nc2cc(N)ccc2c2ccc(N)cc12. The molecular weight excluding hydrogens is 236 g/mol. The molecule has 3 aromatic rings. The summed E-state index contributed by atoms with van der Waals surface area (Å²) in [4.78, 5) is 6.69. The van der Waals surface area contributed by atoms with E-state index >= 15 is 0 Å². The summed E-state index contributed by atoms with van der Waals surface area (Å²) < 4.78 is 0. The van der Waals surface area contributed by atoms with Crippen LogP contribution < -0.4 is 16.4 Å². The average Bonchev–Trinajstić information content (AvgIpc) is 2.37. The first-order valence-corrected chi connectivity index (χ1v) is 6.12. The maximum atomic E-state index is 5.89. The molecule has 0 aliphatic heterocycles. The molecule has 2 aromatic carbocycles. The fourth-order valence-electron chi connectivity index (χ4n) is 2.37. The van der Waals surface area contributed by atoms with Crippen LogP contribution in [-0.2, 0) is 0 Å². The number of nitrogens with two attached hydrogens (primary N) is 2. The summed E-state index contributed by atoms with van der Waals surface area (Å²) in [6.07, 6.45) is 0. The lowest BCUT2D eigenvalue weighted by Gasteiger charge is -2.16. The summed E-state index contributed by atoms with van der Waals surface area (Å²) in [5, 5.41) is 3.29. The molecule has 1 aromatic heterocycles. The van der Waals surface area contributed by atoms with E-state index in [4.69, 9.17) is 16.5 Å². The average molecular weight is 252 g/mol.